The highest BCUT2D eigenvalue weighted by molar-refractivity contribution is 5.93. The molecule has 0 aliphatic carbocycles. The number of amides is 1. The second-order valence-electron chi connectivity index (χ2n) is 7.01. The summed E-state index contributed by atoms with van der Waals surface area (Å²) >= 11 is 0. The predicted molar refractivity (Wildman–Crippen MR) is 91.3 cm³/mol. The molecule has 5 heteroatoms. The first-order valence-corrected chi connectivity index (χ1v) is 8.49. The smallest absolute Gasteiger partial charge is 0.272 e. The fraction of sp³-hybridized carbons (Fsp3) is 0.474. The van der Waals surface area contributed by atoms with E-state index >= 15 is 0 Å². The number of nitrogens with zero attached hydrogens (tertiary/aromatic N) is 3. The molecule has 0 fully saturated rings. The van der Waals surface area contributed by atoms with E-state index in [2.05, 4.69) is 18.9 Å². The maximum atomic E-state index is 13.6. The minimum absolute atomic E-state index is 0.0394. The van der Waals surface area contributed by atoms with Crippen molar-refractivity contribution in [1.82, 2.24) is 14.7 Å². The average molecular weight is 329 g/mol. The lowest BCUT2D eigenvalue weighted by Gasteiger charge is -2.35. The molecule has 24 heavy (non-hydrogen) atoms. The zero-order valence-electron chi connectivity index (χ0n) is 14.7. The molecular formula is C19H24FN3O. The summed E-state index contributed by atoms with van der Waals surface area (Å²) in [5.41, 5.74) is 3.56. The maximum Gasteiger partial charge on any atom is 0.272 e. The first kappa shape index (κ1) is 16.7. The Morgan fingerprint density at radius 3 is 2.83 bits per heavy atom. The van der Waals surface area contributed by atoms with Crippen molar-refractivity contribution < 1.29 is 9.18 Å². The van der Waals surface area contributed by atoms with Gasteiger partial charge < -0.3 is 4.90 Å². The van der Waals surface area contributed by atoms with Crippen LogP contribution in [0.15, 0.2) is 24.3 Å². The Morgan fingerprint density at radius 1 is 1.38 bits per heavy atom. The Labute approximate surface area is 142 Å². The van der Waals surface area contributed by atoms with E-state index in [9.17, 15) is 9.18 Å². The molecule has 128 valence electrons. The molecule has 4 nitrogen and oxygen atoms in total. The lowest BCUT2D eigenvalue weighted by atomic mass is 9.93. The van der Waals surface area contributed by atoms with Gasteiger partial charge in [0.05, 0.1) is 11.7 Å². The van der Waals surface area contributed by atoms with Crippen LogP contribution in [0.25, 0.3) is 0 Å². The third-order valence-corrected chi connectivity index (χ3v) is 4.68. The first-order valence-electron chi connectivity index (χ1n) is 8.49. The van der Waals surface area contributed by atoms with Crippen molar-refractivity contribution >= 4 is 5.91 Å². The number of benzene rings is 1. The van der Waals surface area contributed by atoms with Gasteiger partial charge in [0.15, 0.2) is 0 Å². The fourth-order valence-corrected chi connectivity index (χ4v) is 3.45. The minimum atomic E-state index is -0.255. The van der Waals surface area contributed by atoms with Gasteiger partial charge in [-0.3, -0.25) is 9.48 Å². The van der Waals surface area contributed by atoms with Crippen LogP contribution in [0.1, 0.15) is 54.1 Å². The van der Waals surface area contributed by atoms with E-state index in [1.165, 1.54) is 6.07 Å². The lowest BCUT2D eigenvalue weighted by molar-refractivity contribution is 0.0666. The van der Waals surface area contributed by atoms with Crippen molar-refractivity contribution in [2.45, 2.75) is 39.7 Å². The van der Waals surface area contributed by atoms with E-state index in [0.29, 0.717) is 18.2 Å². The average Bonchev–Trinajstić information content (AvgIpc) is 2.87. The zero-order valence-corrected chi connectivity index (χ0v) is 14.7. The van der Waals surface area contributed by atoms with Gasteiger partial charge in [0, 0.05) is 13.6 Å². The van der Waals surface area contributed by atoms with Gasteiger partial charge in [-0.05, 0) is 55.0 Å². The Morgan fingerprint density at radius 2 is 2.12 bits per heavy atom. The van der Waals surface area contributed by atoms with E-state index in [4.69, 9.17) is 0 Å². The van der Waals surface area contributed by atoms with Crippen molar-refractivity contribution in [3.05, 3.63) is 52.6 Å². The maximum absolute atomic E-state index is 13.6. The van der Waals surface area contributed by atoms with Crippen LogP contribution in [0.4, 0.5) is 4.39 Å². The number of aryl methyl sites for hydroxylation is 1. The molecule has 2 aromatic rings. The topological polar surface area (TPSA) is 38.1 Å². The molecule has 0 spiro atoms. The highest BCUT2D eigenvalue weighted by atomic mass is 19.1. The molecule has 1 amide bonds. The van der Waals surface area contributed by atoms with Crippen LogP contribution in [0.5, 0.6) is 0 Å². The van der Waals surface area contributed by atoms with Gasteiger partial charge in [-0.1, -0.05) is 19.9 Å². The van der Waals surface area contributed by atoms with Crippen molar-refractivity contribution in [1.29, 1.82) is 0 Å². The van der Waals surface area contributed by atoms with Gasteiger partial charge in [0.1, 0.15) is 11.5 Å². The zero-order chi connectivity index (χ0) is 17.4. The summed E-state index contributed by atoms with van der Waals surface area (Å²) in [7, 11) is 1.80. The summed E-state index contributed by atoms with van der Waals surface area (Å²) in [6.07, 6.45) is 1.60. The molecule has 3 rings (SSSR count). The van der Waals surface area contributed by atoms with Crippen molar-refractivity contribution in [2.75, 3.05) is 6.54 Å². The third-order valence-electron chi connectivity index (χ3n) is 4.68. The standard InChI is InChI=1S/C19H24FN3O/c1-12(2)9-16-11-18(22(4)21-16)19(24)23-8-7-14-5-6-15(20)10-17(14)13(23)3/h5-6,10-13H,7-9H2,1-4H3/t13-/m0/s1. The number of fused-ring (bicyclic) bond motifs is 1. The number of halogens is 1. The minimum Gasteiger partial charge on any atom is -0.330 e. The third kappa shape index (κ3) is 3.07. The number of hydrogen-bond acceptors (Lipinski definition) is 2. The Hall–Kier alpha value is -2.17. The van der Waals surface area contributed by atoms with Gasteiger partial charge >= 0.3 is 0 Å². The fourth-order valence-electron chi connectivity index (χ4n) is 3.45. The van der Waals surface area contributed by atoms with E-state index in [1.54, 1.807) is 17.8 Å². The molecular weight excluding hydrogens is 305 g/mol. The number of hydrogen-bond donors (Lipinski definition) is 0. The molecule has 0 bridgehead atoms. The molecule has 0 unspecified atom stereocenters. The van der Waals surface area contributed by atoms with Crippen LogP contribution in [-0.2, 0) is 19.9 Å². The quantitative estimate of drug-likeness (QED) is 0.864. The van der Waals surface area contributed by atoms with Crippen LogP contribution in [0, 0.1) is 11.7 Å². The molecule has 1 aromatic carbocycles. The molecule has 0 N–H and O–H groups in total. The molecule has 1 atom stereocenters. The molecule has 1 aromatic heterocycles. The van der Waals surface area contributed by atoms with Gasteiger partial charge in [-0.15, -0.1) is 0 Å². The van der Waals surface area contributed by atoms with Gasteiger partial charge in [-0.2, -0.15) is 5.10 Å². The Kier molecular flexibility index (Phi) is 4.43. The van der Waals surface area contributed by atoms with Gasteiger partial charge in [0.2, 0.25) is 0 Å². The molecule has 0 radical (unpaired) electrons. The highest BCUT2D eigenvalue weighted by Gasteiger charge is 2.30. The SMILES string of the molecule is CC(C)Cc1cc(C(=O)N2CCc3ccc(F)cc3[C@@H]2C)n(C)n1. The molecule has 1 aliphatic heterocycles. The molecule has 1 aliphatic rings. The Balaban J connectivity index is 1.87. The summed E-state index contributed by atoms with van der Waals surface area (Å²) in [6.45, 7) is 6.87. The van der Waals surface area contributed by atoms with Gasteiger partial charge in [0.25, 0.3) is 5.91 Å². The molecule has 0 saturated carbocycles. The van der Waals surface area contributed by atoms with E-state index in [0.717, 1.165) is 29.7 Å². The van der Waals surface area contributed by atoms with Crippen molar-refractivity contribution in [3.63, 3.8) is 0 Å². The van der Waals surface area contributed by atoms with Crippen LogP contribution in [-0.4, -0.2) is 27.1 Å². The summed E-state index contributed by atoms with van der Waals surface area (Å²) in [5, 5.41) is 4.46. The summed E-state index contributed by atoms with van der Waals surface area (Å²) < 4.78 is 15.3. The van der Waals surface area contributed by atoms with Crippen LogP contribution in [0.3, 0.4) is 0 Å². The molecule has 2 heterocycles. The number of rotatable bonds is 3. The summed E-state index contributed by atoms with van der Waals surface area (Å²) in [4.78, 5) is 14.8. The highest BCUT2D eigenvalue weighted by Crippen LogP contribution is 2.31. The molecule has 0 saturated heterocycles. The monoisotopic (exact) mass is 329 g/mol. The second kappa shape index (κ2) is 6.38. The number of aromatic nitrogens is 2. The van der Waals surface area contributed by atoms with Crippen molar-refractivity contribution in [3.8, 4) is 0 Å². The van der Waals surface area contributed by atoms with Crippen molar-refractivity contribution in [2.24, 2.45) is 13.0 Å². The predicted octanol–water partition coefficient (Wildman–Crippen LogP) is 3.52. The second-order valence-corrected chi connectivity index (χ2v) is 7.01. The van der Waals surface area contributed by atoms with Gasteiger partial charge in [-0.25, -0.2) is 4.39 Å². The summed E-state index contributed by atoms with van der Waals surface area (Å²) in [5.74, 6) is 0.198. The largest absolute Gasteiger partial charge is 0.330 e. The number of carbonyl (C=O) groups is 1. The first-order chi connectivity index (χ1) is 11.4. The van der Waals surface area contributed by atoms with Crippen LogP contribution in [0.2, 0.25) is 0 Å². The van der Waals surface area contributed by atoms with E-state index in [-0.39, 0.29) is 17.8 Å². The summed E-state index contributed by atoms with van der Waals surface area (Å²) in [6, 6.07) is 6.61. The number of carbonyl (C=O) groups excluding carboxylic acids is 1. The van der Waals surface area contributed by atoms with Crippen LogP contribution < -0.4 is 0 Å². The lowest BCUT2D eigenvalue weighted by Crippen LogP contribution is -2.39. The van der Waals surface area contributed by atoms with Crippen LogP contribution >= 0.6 is 0 Å². The normalized spacial score (nSPS) is 17.2. The Bertz CT molecular complexity index is 766. The van der Waals surface area contributed by atoms with E-state index < -0.39 is 0 Å². The van der Waals surface area contributed by atoms with E-state index in [1.807, 2.05) is 24.0 Å².